The van der Waals surface area contributed by atoms with Crippen LogP contribution < -0.4 is 20.3 Å². The van der Waals surface area contributed by atoms with E-state index in [1.165, 1.54) is 23.1 Å². The predicted molar refractivity (Wildman–Crippen MR) is 123 cm³/mol. The Hall–Kier alpha value is -2.78. The number of aromatic nitrogens is 2. The summed E-state index contributed by atoms with van der Waals surface area (Å²) in [6.45, 7) is 8.53. The Morgan fingerprint density at radius 3 is 2.97 bits per heavy atom. The molecule has 0 saturated heterocycles. The van der Waals surface area contributed by atoms with Crippen molar-refractivity contribution in [2.24, 2.45) is 0 Å². The molecular formula is C22H23N3O4S2. The minimum absolute atomic E-state index is 0.101. The molecule has 7 nitrogen and oxygen atoms in total. The number of aryl methyl sites for hydroxylation is 1. The Balaban J connectivity index is 1.49. The van der Waals surface area contributed by atoms with E-state index in [1.54, 1.807) is 17.6 Å². The molecule has 1 aliphatic rings. The standard InChI is InChI=1S/C22H23N3O4S2/c1-4-8-25-21(27)16-10-15(5-2)31-20(16)24-22(25)30-13(3)19(26)23-11-14-6-7-17-18(9-14)29-12-28-17/h4,6-7,9-10,13H,1,5,8,11-12H2,2-3H3,(H,23,26)/t13-/m0/s1. The lowest BCUT2D eigenvalue weighted by Crippen LogP contribution is -2.31. The number of allylic oxidation sites excluding steroid dienone is 1. The number of hydrogen-bond donors (Lipinski definition) is 1. The monoisotopic (exact) mass is 457 g/mol. The largest absolute Gasteiger partial charge is 0.454 e. The summed E-state index contributed by atoms with van der Waals surface area (Å²) < 4.78 is 12.3. The Kier molecular flexibility index (Phi) is 6.33. The summed E-state index contributed by atoms with van der Waals surface area (Å²) in [6, 6.07) is 7.50. The highest BCUT2D eigenvalue weighted by Gasteiger charge is 2.20. The van der Waals surface area contributed by atoms with Gasteiger partial charge >= 0.3 is 0 Å². The van der Waals surface area contributed by atoms with Gasteiger partial charge in [0.05, 0.1) is 10.6 Å². The van der Waals surface area contributed by atoms with Gasteiger partial charge in [-0.1, -0.05) is 30.8 Å². The van der Waals surface area contributed by atoms with Crippen LogP contribution >= 0.6 is 23.1 Å². The number of fused-ring (bicyclic) bond motifs is 2. The van der Waals surface area contributed by atoms with Crippen LogP contribution in [-0.4, -0.2) is 27.5 Å². The number of thiophene rings is 1. The lowest BCUT2D eigenvalue weighted by atomic mass is 10.2. The fourth-order valence-electron chi connectivity index (χ4n) is 3.20. The molecule has 0 aliphatic carbocycles. The quantitative estimate of drug-likeness (QED) is 0.315. The number of benzene rings is 1. The van der Waals surface area contributed by atoms with Gasteiger partial charge in [0.1, 0.15) is 4.83 Å². The van der Waals surface area contributed by atoms with Crippen molar-refractivity contribution < 1.29 is 14.3 Å². The number of rotatable bonds is 8. The first-order chi connectivity index (χ1) is 15.0. The zero-order valence-corrected chi connectivity index (χ0v) is 19.0. The molecule has 9 heteroatoms. The van der Waals surface area contributed by atoms with Crippen LogP contribution in [0.5, 0.6) is 11.5 Å². The van der Waals surface area contributed by atoms with Gasteiger partial charge in [-0.3, -0.25) is 14.2 Å². The molecule has 0 unspecified atom stereocenters. The minimum atomic E-state index is -0.431. The maximum atomic E-state index is 13.0. The normalized spacial score (nSPS) is 13.4. The molecule has 0 bridgehead atoms. The molecule has 3 aromatic rings. The summed E-state index contributed by atoms with van der Waals surface area (Å²) in [5.41, 5.74) is 0.819. The van der Waals surface area contributed by atoms with Gasteiger partial charge in [0.15, 0.2) is 16.7 Å². The van der Waals surface area contributed by atoms with E-state index in [1.807, 2.05) is 24.3 Å². The molecule has 4 rings (SSSR count). The average Bonchev–Trinajstić information content (AvgIpc) is 3.40. The van der Waals surface area contributed by atoms with Gasteiger partial charge in [0.25, 0.3) is 5.56 Å². The number of amides is 1. The highest BCUT2D eigenvalue weighted by molar-refractivity contribution is 8.00. The topological polar surface area (TPSA) is 82.5 Å². The van der Waals surface area contributed by atoms with Crippen molar-refractivity contribution >= 4 is 39.2 Å². The van der Waals surface area contributed by atoms with Crippen molar-refractivity contribution in [3.8, 4) is 11.5 Å². The van der Waals surface area contributed by atoms with Gasteiger partial charge in [-0.05, 0) is 37.1 Å². The van der Waals surface area contributed by atoms with Crippen LogP contribution in [0.25, 0.3) is 10.2 Å². The number of carbonyl (C=O) groups excluding carboxylic acids is 1. The summed E-state index contributed by atoms with van der Waals surface area (Å²) in [5.74, 6) is 1.26. The summed E-state index contributed by atoms with van der Waals surface area (Å²) >= 11 is 2.79. The SMILES string of the molecule is C=CCn1c(S[C@@H](C)C(=O)NCc2ccc3c(c2)OCO3)nc2sc(CC)cc2c1=O. The first-order valence-electron chi connectivity index (χ1n) is 9.97. The number of nitrogens with zero attached hydrogens (tertiary/aromatic N) is 2. The van der Waals surface area contributed by atoms with Gasteiger partial charge < -0.3 is 14.8 Å². The zero-order chi connectivity index (χ0) is 22.0. The maximum Gasteiger partial charge on any atom is 0.263 e. The molecule has 1 N–H and O–H groups in total. The van der Waals surface area contributed by atoms with Crippen LogP contribution in [0.4, 0.5) is 0 Å². The number of hydrogen-bond acceptors (Lipinski definition) is 7. The number of nitrogens with one attached hydrogen (secondary N) is 1. The Labute approximate surface area is 188 Å². The van der Waals surface area contributed by atoms with Crippen molar-refractivity contribution in [3.63, 3.8) is 0 Å². The summed E-state index contributed by atoms with van der Waals surface area (Å²) in [6.07, 6.45) is 2.51. The second-order valence-electron chi connectivity index (χ2n) is 7.05. The molecular weight excluding hydrogens is 434 g/mol. The summed E-state index contributed by atoms with van der Waals surface area (Å²) in [7, 11) is 0. The van der Waals surface area contributed by atoms with Crippen LogP contribution in [-0.2, 0) is 24.3 Å². The molecule has 0 spiro atoms. The highest BCUT2D eigenvalue weighted by Crippen LogP contribution is 2.32. The van der Waals surface area contributed by atoms with Crippen LogP contribution in [0.3, 0.4) is 0 Å². The van der Waals surface area contributed by atoms with Crippen molar-refractivity contribution in [3.05, 3.63) is 57.7 Å². The molecule has 2 aromatic heterocycles. The fourth-order valence-corrected chi connectivity index (χ4v) is 5.15. The molecule has 0 fully saturated rings. The maximum absolute atomic E-state index is 13.0. The molecule has 31 heavy (non-hydrogen) atoms. The van der Waals surface area contributed by atoms with Gasteiger partial charge in [-0.25, -0.2) is 4.98 Å². The third kappa shape index (κ3) is 4.47. The van der Waals surface area contributed by atoms with Crippen molar-refractivity contribution in [1.29, 1.82) is 0 Å². The van der Waals surface area contributed by atoms with Gasteiger partial charge in [0, 0.05) is 18.0 Å². The molecule has 1 aliphatic heterocycles. The molecule has 1 atom stereocenters. The minimum Gasteiger partial charge on any atom is -0.454 e. The molecule has 0 saturated carbocycles. The molecule has 3 heterocycles. The van der Waals surface area contributed by atoms with Crippen molar-refractivity contribution in [2.45, 2.75) is 43.8 Å². The van der Waals surface area contributed by atoms with E-state index in [2.05, 4.69) is 23.8 Å². The van der Waals surface area contributed by atoms with Gasteiger partial charge in [0.2, 0.25) is 12.7 Å². The molecule has 0 radical (unpaired) electrons. The number of thioether (sulfide) groups is 1. The average molecular weight is 458 g/mol. The van der Waals surface area contributed by atoms with E-state index in [0.29, 0.717) is 40.0 Å². The lowest BCUT2D eigenvalue weighted by molar-refractivity contribution is -0.120. The Morgan fingerprint density at radius 2 is 2.19 bits per heavy atom. The van der Waals surface area contributed by atoms with E-state index in [9.17, 15) is 9.59 Å². The number of ether oxygens (including phenoxy) is 2. The second kappa shape index (κ2) is 9.15. The van der Waals surface area contributed by atoms with Gasteiger partial charge in [-0.15, -0.1) is 17.9 Å². The lowest BCUT2D eigenvalue weighted by Gasteiger charge is -2.15. The number of carbonyl (C=O) groups is 1. The fraction of sp³-hybridized carbons (Fsp3) is 0.318. The zero-order valence-electron chi connectivity index (χ0n) is 17.3. The first kappa shape index (κ1) is 21.5. The third-order valence-corrected chi connectivity index (χ3v) is 7.15. The third-order valence-electron chi connectivity index (χ3n) is 4.88. The van der Waals surface area contributed by atoms with Crippen molar-refractivity contribution in [1.82, 2.24) is 14.9 Å². The van der Waals surface area contributed by atoms with Gasteiger partial charge in [-0.2, -0.15) is 0 Å². The summed E-state index contributed by atoms with van der Waals surface area (Å²) in [4.78, 5) is 32.2. The van der Waals surface area contributed by atoms with E-state index in [0.717, 1.165) is 16.9 Å². The summed E-state index contributed by atoms with van der Waals surface area (Å²) in [5, 5.41) is 3.65. The van der Waals surface area contributed by atoms with Crippen LogP contribution in [0.1, 0.15) is 24.3 Å². The highest BCUT2D eigenvalue weighted by atomic mass is 32.2. The van der Waals surface area contributed by atoms with Crippen LogP contribution in [0.2, 0.25) is 0 Å². The predicted octanol–water partition coefficient (Wildman–Crippen LogP) is 3.73. The van der Waals surface area contributed by atoms with Crippen LogP contribution in [0.15, 0.2) is 46.9 Å². The first-order valence-corrected chi connectivity index (χ1v) is 11.7. The molecule has 1 aromatic carbocycles. The van der Waals surface area contributed by atoms with E-state index in [4.69, 9.17) is 9.47 Å². The van der Waals surface area contributed by atoms with E-state index >= 15 is 0 Å². The Bertz CT molecular complexity index is 1200. The van der Waals surface area contributed by atoms with E-state index < -0.39 is 5.25 Å². The second-order valence-corrected chi connectivity index (χ2v) is 9.47. The van der Waals surface area contributed by atoms with Crippen LogP contribution in [0, 0.1) is 0 Å². The smallest absolute Gasteiger partial charge is 0.263 e. The van der Waals surface area contributed by atoms with Crippen molar-refractivity contribution in [2.75, 3.05) is 6.79 Å². The Morgan fingerprint density at radius 1 is 1.39 bits per heavy atom. The molecule has 162 valence electrons. The molecule has 1 amide bonds. The van der Waals surface area contributed by atoms with E-state index in [-0.39, 0.29) is 18.3 Å².